The summed E-state index contributed by atoms with van der Waals surface area (Å²) in [4.78, 5) is 93.0. The molecule has 0 saturated carbocycles. The SMILES string of the molecule is O=C([O-])c1ccc(COc2cc(COc3cc(/C=C/c4cc(OCc5cc(OCc6ccc(C(=O)[O-])cc6)cc(OCc6ccc(C(=O)[O-])cc6)c5)cc(OCc5cc(OCc6ccc(C(=O)[O-])cc6)cc(OCc6ccc(C(=O)[O-])cc6)c5)c4)cc(OCc4cc(OCc5ccc(C(=O)[O-])cc5)cc(OCc5ccc(C(=O)[O-])cc5)c4)c3)cc(OCc3ccc(C(=O)[O-])cc3)c2)cc1.[K+].[K+].[K+].[K+].[K+].[K+].[K+].[K+]. The van der Waals surface area contributed by atoms with E-state index in [1.54, 1.807) is 218 Å². The average molecular weight is 2110 g/mol. The Morgan fingerprint density at radius 2 is 0.246 bits per heavy atom. The number of benzene rings is 14. The van der Waals surface area contributed by atoms with E-state index in [0.29, 0.717) is 124 Å². The Hall–Kier alpha value is -4.73. The molecule has 0 fully saturated rings. The predicted octanol–water partition coefficient (Wildman–Crippen LogP) is -14.3. The fourth-order valence-electron chi connectivity index (χ4n) is 13.3. The Bertz CT molecular complexity index is 5540. The van der Waals surface area contributed by atoms with Crippen molar-refractivity contribution in [2.24, 2.45) is 0 Å². The molecule has 0 N–H and O–H groups in total. The second kappa shape index (κ2) is 64.1. The van der Waals surface area contributed by atoms with Crippen LogP contribution in [0.15, 0.2) is 303 Å². The summed E-state index contributed by atoms with van der Waals surface area (Å²) in [5, 5.41) is 93.0. The molecule has 0 bridgehead atoms. The molecule has 142 heavy (non-hydrogen) atoms. The summed E-state index contributed by atoms with van der Waals surface area (Å²) in [6.07, 6.45) is 3.57. The van der Waals surface area contributed by atoms with Crippen LogP contribution in [0.3, 0.4) is 0 Å². The summed E-state index contributed by atoms with van der Waals surface area (Å²) in [5.74, 6) is -7.03. The smallest absolute Gasteiger partial charge is 0.545 e. The van der Waals surface area contributed by atoms with Crippen molar-refractivity contribution in [3.05, 3.63) is 426 Å². The third-order valence-electron chi connectivity index (χ3n) is 20.4. The van der Waals surface area contributed by atoms with Gasteiger partial charge in [-0.1, -0.05) is 206 Å². The Morgan fingerprint density at radius 3 is 0.352 bits per heavy atom. The van der Waals surface area contributed by atoms with E-state index in [0.717, 1.165) is 0 Å². The molecule has 14 aromatic carbocycles. The number of carboxylic acid groups (broad SMARTS) is 8. The average Bonchev–Trinajstić information content (AvgIpc) is 0.825. The molecule has 0 saturated heterocycles. The van der Waals surface area contributed by atoms with Crippen molar-refractivity contribution in [1.29, 1.82) is 0 Å². The Labute approximate surface area is 1160 Å². The van der Waals surface area contributed by atoms with Crippen molar-refractivity contribution in [1.82, 2.24) is 0 Å². The van der Waals surface area contributed by atoms with Gasteiger partial charge in [0.1, 0.15) is 148 Å². The van der Waals surface area contributed by atoms with E-state index in [4.69, 9.17) is 56.8 Å². The van der Waals surface area contributed by atoms with Gasteiger partial charge in [-0.3, -0.25) is 0 Å². The maximum Gasteiger partial charge on any atom is 1.00 e. The first-order valence-electron chi connectivity index (χ1n) is 41.3. The van der Waals surface area contributed by atoms with Crippen LogP contribution in [0.2, 0.25) is 0 Å². The van der Waals surface area contributed by atoms with Crippen molar-refractivity contribution < 1.29 is 547 Å². The summed E-state index contributed by atoms with van der Waals surface area (Å²) in [7, 11) is 0. The number of ether oxygens (including phenoxy) is 12. The number of carbonyl (C=O) groups excluding carboxylic acids is 8. The summed E-state index contributed by atoms with van der Waals surface area (Å²) in [6.45, 7) is -0.508. The molecule has 14 rings (SSSR count). The molecule has 0 amide bonds. The van der Waals surface area contributed by atoms with Gasteiger partial charge in [0.15, 0.2) is 0 Å². The van der Waals surface area contributed by atoms with Crippen LogP contribution in [-0.2, 0) is 79.3 Å². The summed E-state index contributed by atoms with van der Waals surface area (Å²) >= 11 is 0. The normalized spacial score (nSPS) is 10.3. The number of aromatic carboxylic acids is 8. The molecule has 0 unspecified atom stereocenters. The van der Waals surface area contributed by atoms with Crippen LogP contribution in [0.4, 0.5) is 0 Å². The van der Waals surface area contributed by atoms with Gasteiger partial charge in [0, 0.05) is 36.4 Å². The predicted molar refractivity (Wildman–Crippen MR) is 466 cm³/mol. The van der Waals surface area contributed by atoms with Crippen molar-refractivity contribution in [3.63, 3.8) is 0 Å². The number of carbonyl (C=O) groups is 8. The van der Waals surface area contributed by atoms with Crippen molar-refractivity contribution in [2.75, 3.05) is 0 Å². The largest absolute Gasteiger partial charge is 1.00 e. The fourth-order valence-corrected chi connectivity index (χ4v) is 13.3. The second-order valence-electron chi connectivity index (χ2n) is 30.4. The van der Waals surface area contributed by atoms with Gasteiger partial charge in [0.05, 0.1) is 47.8 Å². The molecule has 0 spiro atoms. The molecule has 0 aliphatic heterocycles. The summed E-state index contributed by atoms with van der Waals surface area (Å²) < 4.78 is 77.2. The van der Waals surface area contributed by atoms with Gasteiger partial charge in [0.2, 0.25) is 0 Å². The van der Waals surface area contributed by atoms with Crippen LogP contribution >= 0.6 is 0 Å². The first-order valence-corrected chi connectivity index (χ1v) is 41.3. The van der Waals surface area contributed by atoms with Crippen LogP contribution in [0.1, 0.15) is 161 Å². The van der Waals surface area contributed by atoms with E-state index in [1.165, 1.54) is 97.1 Å². The van der Waals surface area contributed by atoms with Crippen molar-refractivity contribution in [2.45, 2.75) is 79.3 Å². The van der Waals surface area contributed by atoms with Gasteiger partial charge in [0.25, 0.3) is 0 Å². The zero-order valence-electron chi connectivity index (χ0n) is 78.9. The molecule has 28 nitrogen and oxygen atoms in total. The number of hydrogen-bond donors (Lipinski definition) is 0. The summed E-state index contributed by atoms with van der Waals surface area (Å²) in [5.41, 5.74) is 8.03. The topological polar surface area (TPSA) is 432 Å². The van der Waals surface area contributed by atoms with Gasteiger partial charge < -0.3 is 136 Å². The molecular weight excluding hydrogens is 2030 g/mol. The zero-order valence-corrected chi connectivity index (χ0v) is 104. The maximum absolute atomic E-state index is 11.6. The number of hydrogen-bond acceptors (Lipinski definition) is 28. The molecule has 0 aliphatic rings. The molecule has 676 valence electrons. The number of rotatable bonds is 46. The third-order valence-corrected chi connectivity index (χ3v) is 20.4. The van der Waals surface area contributed by atoms with E-state index in [2.05, 4.69) is 0 Å². The molecule has 14 aromatic rings. The zero-order chi connectivity index (χ0) is 94.0. The van der Waals surface area contributed by atoms with E-state index < -0.39 is 47.8 Å². The third kappa shape index (κ3) is 40.9. The minimum Gasteiger partial charge on any atom is -0.545 e. The molecule has 0 aromatic heterocycles. The minimum atomic E-state index is -1.35. The van der Waals surface area contributed by atoms with Crippen LogP contribution in [0.5, 0.6) is 69.0 Å². The van der Waals surface area contributed by atoms with E-state index in [9.17, 15) is 79.2 Å². The summed E-state index contributed by atoms with van der Waals surface area (Å²) in [6, 6.07) is 78.6. The van der Waals surface area contributed by atoms with Gasteiger partial charge in [-0.2, -0.15) is 0 Å². The Kier molecular flexibility index (Phi) is 56.8. The first-order chi connectivity index (χ1) is 64.8. The van der Waals surface area contributed by atoms with Crippen LogP contribution in [0, 0.1) is 0 Å². The van der Waals surface area contributed by atoms with Crippen molar-refractivity contribution >= 4 is 59.9 Å². The van der Waals surface area contributed by atoms with E-state index in [1.807, 2.05) is 0 Å². The Balaban J connectivity index is 0.00000386. The Morgan fingerprint density at radius 1 is 0.148 bits per heavy atom. The molecular formula is C106H76K8O28. The van der Waals surface area contributed by atoms with Gasteiger partial charge in [-0.15, -0.1) is 0 Å². The van der Waals surface area contributed by atoms with Crippen LogP contribution in [0.25, 0.3) is 12.2 Å². The van der Waals surface area contributed by atoms with Gasteiger partial charge >= 0.3 is 411 Å². The molecule has 0 aliphatic carbocycles. The quantitative estimate of drug-likeness (QED) is 0.0252. The van der Waals surface area contributed by atoms with E-state index >= 15 is 0 Å². The van der Waals surface area contributed by atoms with E-state index in [-0.39, 0.29) is 558 Å². The monoisotopic (exact) mass is 2110 g/mol. The minimum absolute atomic E-state index is 0. The molecule has 0 radical (unpaired) electrons. The van der Waals surface area contributed by atoms with Crippen molar-refractivity contribution in [3.8, 4) is 69.0 Å². The first kappa shape index (κ1) is 126. The molecule has 0 atom stereocenters. The fraction of sp³-hybridized carbons (Fsp3) is 0.113. The standard InChI is InChI=1S/C106H84O28.8K/c107-99(108)79-19-3-65(4-20-79)53-123-91-39-75(40-92(49-91)124-54-66-5-21-80(22-6-66)100(109)110)61-131-87-35-73(36-88(47-87)132-62-76-41-93(125-55-67-7-23-81(24-8-67)101(111)112)50-94(42-76)126-56-68-9-25-82(26-10-68)102(113)114)1-2-74-37-89(133-63-77-43-95(127-57-69-11-27-83(28-12-69)103(115)116)51-96(44-77)128-58-70-13-29-84(30-14-70)104(117)118)48-90(38-74)134-64-78-45-97(129-59-71-15-31-85(32-16-71)105(119)120)52-98(46-78)130-60-72-17-33-86(34-18-72)106(121)122;;;;;;;;/h1-52H,53-64H2,(H,107,108)(H,109,110)(H,111,112)(H,113,114)(H,115,116)(H,117,118)(H,119,120)(H,121,122);;;;;;;;/q;8*+1/p-8/b2-1+;;;;;;;;. The van der Waals surface area contributed by atoms with Crippen LogP contribution in [-0.4, -0.2) is 47.8 Å². The van der Waals surface area contributed by atoms with Gasteiger partial charge in [-0.05, 0) is 195 Å². The maximum atomic E-state index is 11.6. The van der Waals surface area contributed by atoms with Crippen LogP contribution < -0.4 is 509 Å². The molecule has 0 heterocycles. The number of carboxylic acids is 8. The molecule has 36 heteroatoms. The van der Waals surface area contributed by atoms with Gasteiger partial charge in [-0.25, -0.2) is 0 Å². The second-order valence-corrected chi connectivity index (χ2v) is 30.4.